The molecule has 0 aliphatic rings. The molecule has 2 aromatic heterocycles. The molecule has 0 fully saturated rings. The van der Waals surface area contributed by atoms with Gasteiger partial charge in [0.15, 0.2) is 5.82 Å². The topological polar surface area (TPSA) is 88.8 Å². The van der Waals surface area contributed by atoms with Gasteiger partial charge in [0.2, 0.25) is 0 Å². The van der Waals surface area contributed by atoms with Gasteiger partial charge < -0.3 is 10.4 Å². The summed E-state index contributed by atoms with van der Waals surface area (Å²) in [5.74, 6) is 1.10. The fourth-order valence-corrected chi connectivity index (χ4v) is 1.22. The molecular weight excluding hydrogens is 208 g/mol. The summed E-state index contributed by atoms with van der Waals surface area (Å²) in [5.41, 5.74) is 0. The molecular formula is C9H12N6O. The zero-order valence-corrected chi connectivity index (χ0v) is 8.61. The lowest BCUT2D eigenvalue weighted by molar-refractivity contribution is 0.271. The largest absolute Gasteiger partial charge is 0.388 e. The average molecular weight is 220 g/mol. The van der Waals surface area contributed by atoms with E-state index in [0.29, 0.717) is 24.7 Å². The molecule has 2 heterocycles. The van der Waals surface area contributed by atoms with Gasteiger partial charge in [-0.25, -0.2) is 15.0 Å². The molecule has 2 N–H and O–H groups in total. The summed E-state index contributed by atoms with van der Waals surface area (Å²) in [6, 6.07) is 1.75. The molecule has 0 unspecified atom stereocenters. The summed E-state index contributed by atoms with van der Waals surface area (Å²) in [7, 11) is 0. The molecule has 2 rings (SSSR count). The van der Waals surface area contributed by atoms with Crippen molar-refractivity contribution in [2.45, 2.75) is 13.2 Å². The number of nitrogens with zero attached hydrogens (tertiary/aromatic N) is 5. The maximum atomic E-state index is 8.86. The van der Waals surface area contributed by atoms with Gasteiger partial charge in [-0.15, -0.1) is 0 Å². The summed E-state index contributed by atoms with van der Waals surface area (Å²) in [6.45, 7) is 1.24. The van der Waals surface area contributed by atoms with Crippen molar-refractivity contribution < 1.29 is 5.11 Å². The maximum absolute atomic E-state index is 8.86. The van der Waals surface area contributed by atoms with Crippen LogP contribution >= 0.6 is 0 Å². The Balaban J connectivity index is 1.85. The van der Waals surface area contributed by atoms with Crippen molar-refractivity contribution in [1.29, 1.82) is 0 Å². The van der Waals surface area contributed by atoms with Crippen molar-refractivity contribution in [2.24, 2.45) is 0 Å². The number of aromatic nitrogens is 5. The smallest absolute Gasteiger partial charge is 0.156 e. The van der Waals surface area contributed by atoms with Crippen LogP contribution in [0.5, 0.6) is 0 Å². The van der Waals surface area contributed by atoms with Gasteiger partial charge in [-0.2, -0.15) is 5.10 Å². The third-order valence-corrected chi connectivity index (χ3v) is 1.96. The zero-order valence-electron chi connectivity index (χ0n) is 8.61. The number of hydrogen-bond acceptors (Lipinski definition) is 6. The van der Waals surface area contributed by atoms with Crippen molar-refractivity contribution in [2.75, 3.05) is 11.9 Å². The molecule has 0 spiro atoms. The minimum Gasteiger partial charge on any atom is -0.388 e. The predicted molar refractivity (Wildman–Crippen MR) is 56.5 cm³/mol. The van der Waals surface area contributed by atoms with Crippen molar-refractivity contribution in [3.8, 4) is 0 Å². The first-order valence-electron chi connectivity index (χ1n) is 4.87. The Morgan fingerprint density at radius 1 is 1.44 bits per heavy atom. The lowest BCUT2D eigenvalue weighted by Gasteiger charge is -2.05. The Kier molecular flexibility index (Phi) is 3.39. The van der Waals surface area contributed by atoms with E-state index in [4.69, 9.17) is 5.11 Å². The minimum atomic E-state index is -0.154. The van der Waals surface area contributed by atoms with Crippen LogP contribution in [0, 0.1) is 0 Å². The summed E-state index contributed by atoms with van der Waals surface area (Å²) in [4.78, 5) is 11.8. The maximum Gasteiger partial charge on any atom is 0.156 e. The summed E-state index contributed by atoms with van der Waals surface area (Å²) >= 11 is 0. The van der Waals surface area contributed by atoms with E-state index in [1.54, 1.807) is 23.3 Å². The number of aliphatic hydroxyl groups is 1. The number of aliphatic hydroxyl groups excluding tert-OH is 1. The Labute approximate surface area is 92.2 Å². The van der Waals surface area contributed by atoms with Gasteiger partial charge in [-0.05, 0) is 6.07 Å². The van der Waals surface area contributed by atoms with Crippen molar-refractivity contribution in [3.05, 3.63) is 30.7 Å². The molecule has 16 heavy (non-hydrogen) atoms. The first-order chi connectivity index (χ1) is 7.88. The third-order valence-electron chi connectivity index (χ3n) is 1.96. The van der Waals surface area contributed by atoms with Gasteiger partial charge in [0.05, 0.1) is 6.54 Å². The van der Waals surface area contributed by atoms with E-state index in [-0.39, 0.29) is 6.61 Å². The molecule has 0 aromatic carbocycles. The number of nitrogens with one attached hydrogen (secondary N) is 1. The molecule has 0 aliphatic carbocycles. The highest BCUT2D eigenvalue weighted by molar-refractivity contribution is 5.32. The second-order valence-electron chi connectivity index (χ2n) is 3.10. The summed E-state index contributed by atoms with van der Waals surface area (Å²) in [5, 5.41) is 15.9. The molecule has 84 valence electrons. The van der Waals surface area contributed by atoms with Crippen LogP contribution in [0.15, 0.2) is 24.9 Å². The molecule has 0 radical (unpaired) electrons. The van der Waals surface area contributed by atoms with E-state index in [0.717, 1.165) is 0 Å². The van der Waals surface area contributed by atoms with Gasteiger partial charge >= 0.3 is 0 Å². The number of anilines is 1. The molecule has 0 bridgehead atoms. The fourth-order valence-electron chi connectivity index (χ4n) is 1.22. The zero-order chi connectivity index (χ0) is 11.2. The van der Waals surface area contributed by atoms with Gasteiger partial charge in [0.25, 0.3) is 0 Å². The first-order valence-corrected chi connectivity index (χ1v) is 4.87. The Morgan fingerprint density at radius 3 is 3.12 bits per heavy atom. The SMILES string of the molecule is OCc1nccc(NCCn2cncn2)n1. The molecule has 0 atom stereocenters. The van der Waals surface area contributed by atoms with E-state index in [1.807, 2.05) is 0 Å². The van der Waals surface area contributed by atoms with Gasteiger partial charge in [0.1, 0.15) is 25.1 Å². The van der Waals surface area contributed by atoms with Crippen LogP contribution in [-0.2, 0) is 13.2 Å². The summed E-state index contributed by atoms with van der Waals surface area (Å²) in [6.07, 6.45) is 4.76. The Bertz CT molecular complexity index is 429. The molecule has 0 saturated heterocycles. The third kappa shape index (κ3) is 2.74. The highest BCUT2D eigenvalue weighted by atomic mass is 16.3. The molecule has 7 nitrogen and oxygen atoms in total. The van der Waals surface area contributed by atoms with Crippen LogP contribution in [0.3, 0.4) is 0 Å². The average Bonchev–Trinajstić information content (AvgIpc) is 2.82. The van der Waals surface area contributed by atoms with Crippen LogP contribution in [0.4, 0.5) is 5.82 Å². The second-order valence-corrected chi connectivity index (χ2v) is 3.10. The number of rotatable bonds is 5. The van der Waals surface area contributed by atoms with Gasteiger partial charge in [-0.3, -0.25) is 4.68 Å². The van der Waals surface area contributed by atoms with Gasteiger partial charge in [-0.1, -0.05) is 0 Å². The standard InChI is InChI=1S/C9H12N6O/c16-5-9-11-2-1-8(14-9)12-3-4-15-7-10-6-13-15/h1-2,6-7,16H,3-5H2,(H,11,12,14). The van der Waals surface area contributed by atoms with E-state index in [1.165, 1.54) is 6.33 Å². The van der Waals surface area contributed by atoms with Crippen LogP contribution < -0.4 is 5.32 Å². The fraction of sp³-hybridized carbons (Fsp3) is 0.333. The lowest BCUT2D eigenvalue weighted by Crippen LogP contribution is -2.12. The lowest BCUT2D eigenvalue weighted by atomic mass is 10.5. The van der Waals surface area contributed by atoms with Gasteiger partial charge in [0, 0.05) is 12.7 Å². The van der Waals surface area contributed by atoms with E-state index in [2.05, 4.69) is 25.4 Å². The monoisotopic (exact) mass is 220 g/mol. The first kappa shape index (κ1) is 10.5. The Morgan fingerprint density at radius 2 is 2.38 bits per heavy atom. The van der Waals surface area contributed by atoms with Crippen LogP contribution in [0.25, 0.3) is 0 Å². The molecule has 2 aromatic rings. The molecule has 0 amide bonds. The highest BCUT2D eigenvalue weighted by Crippen LogP contribution is 2.01. The Hall–Kier alpha value is -2.02. The van der Waals surface area contributed by atoms with Crippen molar-refractivity contribution in [1.82, 2.24) is 24.7 Å². The van der Waals surface area contributed by atoms with E-state index < -0.39 is 0 Å². The second kappa shape index (κ2) is 5.17. The molecule has 0 aliphatic heterocycles. The number of hydrogen-bond donors (Lipinski definition) is 2. The van der Waals surface area contributed by atoms with Crippen molar-refractivity contribution >= 4 is 5.82 Å². The quantitative estimate of drug-likeness (QED) is 0.717. The normalized spacial score (nSPS) is 10.3. The van der Waals surface area contributed by atoms with Crippen LogP contribution in [0.1, 0.15) is 5.82 Å². The minimum absolute atomic E-state index is 0.154. The van der Waals surface area contributed by atoms with Crippen molar-refractivity contribution in [3.63, 3.8) is 0 Å². The van der Waals surface area contributed by atoms with E-state index in [9.17, 15) is 0 Å². The molecule has 0 saturated carbocycles. The predicted octanol–water partition coefficient (Wildman–Crippen LogP) is -0.328. The van der Waals surface area contributed by atoms with Crippen LogP contribution in [0.2, 0.25) is 0 Å². The summed E-state index contributed by atoms with van der Waals surface area (Å²) < 4.78 is 1.72. The highest BCUT2D eigenvalue weighted by Gasteiger charge is 1.97. The van der Waals surface area contributed by atoms with Crippen LogP contribution in [-0.4, -0.2) is 36.4 Å². The van der Waals surface area contributed by atoms with E-state index >= 15 is 0 Å². The molecule has 7 heteroatoms.